The molecule has 9 nitrogen and oxygen atoms in total. The molecule has 3 aromatic rings. The van der Waals surface area contributed by atoms with Crippen molar-refractivity contribution in [1.29, 1.82) is 0 Å². The van der Waals surface area contributed by atoms with Crippen LogP contribution >= 0.6 is 0 Å². The fraction of sp³-hybridized carbons (Fsp3) is 0.280. The maximum atomic E-state index is 16.3. The monoisotopic (exact) mass is 502 g/mol. The third-order valence-corrected chi connectivity index (χ3v) is 5.65. The third kappa shape index (κ3) is 5.92. The van der Waals surface area contributed by atoms with Crippen molar-refractivity contribution in [2.24, 2.45) is 0 Å². The van der Waals surface area contributed by atoms with E-state index in [4.69, 9.17) is 9.47 Å². The Morgan fingerprint density at radius 2 is 1.50 bits per heavy atom. The van der Waals surface area contributed by atoms with Gasteiger partial charge in [-0.1, -0.05) is 36.4 Å². The number of carbonyl (C=O) groups is 2. The summed E-state index contributed by atoms with van der Waals surface area (Å²) < 4.78 is 42.6. The summed E-state index contributed by atoms with van der Waals surface area (Å²) >= 11 is 0. The van der Waals surface area contributed by atoms with Crippen molar-refractivity contribution in [1.82, 2.24) is 9.55 Å². The standard InChI is InChI=1S/C25H24F2N2O7/c1-16(29-14-13-19(30)28-23(29)33)24(2,26)22(36-21(32)18-11-7-4-8-12-18)25(27,34)15-35-20(31)17-9-5-3-6-10-17/h3-14,16,22,34H,15H2,1-2H3,(H,28,30,33)/t16-,22+,24+,25-/m1/s1. The number of H-pyrrole nitrogens is 1. The molecule has 0 aliphatic rings. The first-order valence-electron chi connectivity index (χ1n) is 10.8. The van der Waals surface area contributed by atoms with E-state index in [1.54, 1.807) is 12.1 Å². The van der Waals surface area contributed by atoms with Gasteiger partial charge in [0.2, 0.25) is 0 Å². The molecule has 190 valence electrons. The van der Waals surface area contributed by atoms with Crippen LogP contribution in [0.3, 0.4) is 0 Å². The molecule has 3 rings (SSSR count). The lowest BCUT2D eigenvalue weighted by Gasteiger charge is -2.39. The van der Waals surface area contributed by atoms with Crippen molar-refractivity contribution in [3.63, 3.8) is 0 Å². The Labute approximate surface area is 203 Å². The van der Waals surface area contributed by atoms with Crippen molar-refractivity contribution in [2.75, 3.05) is 6.61 Å². The molecule has 0 aliphatic heterocycles. The molecule has 0 saturated heterocycles. The molecule has 0 amide bonds. The van der Waals surface area contributed by atoms with Crippen LogP contribution in [0, 0.1) is 0 Å². The number of aromatic nitrogens is 2. The maximum absolute atomic E-state index is 16.3. The van der Waals surface area contributed by atoms with Crippen LogP contribution in [0.5, 0.6) is 0 Å². The predicted molar refractivity (Wildman–Crippen MR) is 124 cm³/mol. The largest absolute Gasteiger partial charge is 0.456 e. The van der Waals surface area contributed by atoms with Crippen LogP contribution < -0.4 is 11.2 Å². The van der Waals surface area contributed by atoms with E-state index in [1.165, 1.54) is 48.5 Å². The van der Waals surface area contributed by atoms with Gasteiger partial charge in [0, 0.05) is 12.3 Å². The Kier molecular flexibility index (Phi) is 7.83. The summed E-state index contributed by atoms with van der Waals surface area (Å²) in [5, 5.41) is 10.6. The minimum Gasteiger partial charge on any atom is -0.456 e. The number of ether oxygens (including phenoxy) is 2. The van der Waals surface area contributed by atoms with Gasteiger partial charge in [-0.05, 0) is 38.1 Å². The quantitative estimate of drug-likeness (QED) is 0.431. The molecule has 0 saturated carbocycles. The topological polar surface area (TPSA) is 128 Å². The Hall–Kier alpha value is -4.12. The zero-order valence-electron chi connectivity index (χ0n) is 19.4. The second-order valence-corrected chi connectivity index (χ2v) is 8.26. The number of carbonyl (C=O) groups excluding carboxylic acids is 2. The minimum absolute atomic E-state index is 0.0438. The zero-order valence-corrected chi connectivity index (χ0v) is 19.4. The Balaban J connectivity index is 1.95. The summed E-state index contributed by atoms with van der Waals surface area (Å²) in [5.74, 6) is -5.90. The molecular formula is C25H24F2N2O7. The number of aliphatic hydroxyl groups is 1. The second-order valence-electron chi connectivity index (χ2n) is 8.26. The van der Waals surface area contributed by atoms with Gasteiger partial charge in [0.25, 0.3) is 11.4 Å². The summed E-state index contributed by atoms with van der Waals surface area (Å²) in [5.41, 5.74) is -4.74. The molecule has 0 bridgehead atoms. The number of halogens is 2. The number of aromatic amines is 1. The molecule has 4 atom stereocenters. The summed E-state index contributed by atoms with van der Waals surface area (Å²) in [7, 11) is 0. The predicted octanol–water partition coefficient (Wildman–Crippen LogP) is 2.57. The average molecular weight is 502 g/mol. The van der Waals surface area contributed by atoms with Crippen LogP contribution in [-0.2, 0) is 9.47 Å². The Morgan fingerprint density at radius 3 is 2.03 bits per heavy atom. The highest BCUT2D eigenvalue weighted by Crippen LogP contribution is 2.38. The highest BCUT2D eigenvalue weighted by Gasteiger charge is 2.56. The van der Waals surface area contributed by atoms with Crippen LogP contribution in [0.25, 0.3) is 0 Å². The molecule has 2 aromatic carbocycles. The second kappa shape index (κ2) is 10.6. The number of nitrogens with zero attached hydrogens (tertiary/aromatic N) is 1. The van der Waals surface area contributed by atoms with E-state index in [2.05, 4.69) is 0 Å². The van der Waals surface area contributed by atoms with E-state index in [-0.39, 0.29) is 11.1 Å². The van der Waals surface area contributed by atoms with E-state index >= 15 is 8.78 Å². The van der Waals surface area contributed by atoms with Crippen LogP contribution in [0.1, 0.15) is 40.6 Å². The fourth-order valence-corrected chi connectivity index (χ4v) is 3.51. The van der Waals surface area contributed by atoms with Gasteiger partial charge in [-0.2, -0.15) is 0 Å². The van der Waals surface area contributed by atoms with Crippen LogP contribution in [0.4, 0.5) is 8.78 Å². The lowest BCUT2D eigenvalue weighted by molar-refractivity contribution is -0.233. The number of esters is 2. The molecular weight excluding hydrogens is 478 g/mol. The Bertz CT molecular complexity index is 1320. The maximum Gasteiger partial charge on any atom is 0.338 e. The molecule has 1 aromatic heterocycles. The molecule has 0 radical (unpaired) electrons. The number of hydrogen-bond acceptors (Lipinski definition) is 7. The van der Waals surface area contributed by atoms with Gasteiger partial charge < -0.3 is 14.6 Å². The molecule has 0 aliphatic carbocycles. The lowest BCUT2D eigenvalue weighted by Crippen LogP contribution is -2.59. The molecule has 2 N–H and O–H groups in total. The molecule has 1 heterocycles. The van der Waals surface area contributed by atoms with E-state index < -0.39 is 53.5 Å². The number of benzene rings is 2. The summed E-state index contributed by atoms with van der Waals surface area (Å²) in [6, 6.07) is 14.1. The van der Waals surface area contributed by atoms with Gasteiger partial charge in [0.1, 0.15) is 0 Å². The normalized spacial score (nSPS) is 16.1. The fourth-order valence-electron chi connectivity index (χ4n) is 3.51. The minimum atomic E-state index is -3.72. The lowest BCUT2D eigenvalue weighted by atomic mass is 9.88. The van der Waals surface area contributed by atoms with Crippen LogP contribution in [0.2, 0.25) is 0 Å². The van der Waals surface area contributed by atoms with Gasteiger partial charge in [0.05, 0.1) is 17.2 Å². The molecule has 0 unspecified atom stereocenters. The zero-order chi connectivity index (χ0) is 26.5. The molecule has 11 heteroatoms. The van der Waals surface area contributed by atoms with Gasteiger partial charge in [-0.3, -0.25) is 14.3 Å². The number of nitrogens with one attached hydrogen (secondary N) is 1. The summed E-state index contributed by atoms with van der Waals surface area (Å²) in [6.07, 6.45) is -1.60. The SMILES string of the molecule is C[C@@H](n1ccc(=O)[nH]c1=O)[C@](C)(F)[C@H](OC(=O)c1ccccc1)[C@@](O)(F)COC(=O)c1ccccc1. The van der Waals surface area contributed by atoms with Gasteiger partial charge in [-0.25, -0.2) is 23.2 Å². The highest BCUT2D eigenvalue weighted by molar-refractivity contribution is 5.90. The van der Waals surface area contributed by atoms with Crippen LogP contribution in [-0.4, -0.2) is 50.8 Å². The number of hydrogen-bond donors (Lipinski definition) is 2. The van der Waals surface area contributed by atoms with Gasteiger partial charge in [0.15, 0.2) is 18.4 Å². The van der Waals surface area contributed by atoms with E-state index in [9.17, 15) is 24.3 Å². The first-order valence-corrected chi connectivity index (χ1v) is 10.8. The van der Waals surface area contributed by atoms with E-state index in [1.807, 2.05) is 4.98 Å². The van der Waals surface area contributed by atoms with Crippen molar-refractivity contribution in [2.45, 2.75) is 37.5 Å². The average Bonchev–Trinajstić information content (AvgIpc) is 2.86. The van der Waals surface area contributed by atoms with E-state index in [0.717, 1.165) is 30.7 Å². The van der Waals surface area contributed by atoms with Crippen molar-refractivity contribution in [3.8, 4) is 0 Å². The molecule has 0 spiro atoms. The molecule has 0 fully saturated rings. The third-order valence-electron chi connectivity index (χ3n) is 5.65. The van der Waals surface area contributed by atoms with Crippen molar-refractivity contribution >= 4 is 11.9 Å². The van der Waals surface area contributed by atoms with E-state index in [0.29, 0.717) is 0 Å². The van der Waals surface area contributed by atoms with Crippen molar-refractivity contribution in [3.05, 3.63) is 105 Å². The van der Waals surface area contributed by atoms with Gasteiger partial charge >= 0.3 is 17.6 Å². The Morgan fingerprint density at radius 1 is 0.972 bits per heavy atom. The van der Waals surface area contributed by atoms with Crippen molar-refractivity contribution < 1.29 is 33.0 Å². The first-order chi connectivity index (χ1) is 16.9. The first kappa shape index (κ1) is 26.5. The highest BCUT2D eigenvalue weighted by atomic mass is 19.2. The smallest absolute Gasteiger partial charge is 0.338 e. The number of rotatable bonds is 9. The van der Waals surface area contributed by atoms with Crippen LogP contribution in [0.15, 0.2) is 82.5 Å². The summed E-state index contributed by atoms with van der Waals surface area (Å²) in [6.45, 7) is 0.580. The summed E-state index contributed by atoms with van der Waals surface area (Å²) in [4.78, 5) is 50.5. The van der Waals surface area contributed by atoms with Gasteiger partial charge in [-0.15, -0.1) is 0 Å². The number of alkyl halides is 2. The molecule has 36 heavy (non-hydrogen) atoms.